The molecule has 1 aliphatic rings. The lowest BCUT2D eigenvalue weighted by atomic mass is 9.96. The van der Waals surface area contributed by atoms with Gasteiger partial charge < -0.3 is 0 Å². The predicted molar refractivity (Wildman–Crippen MR) is 102 cm³/mol. The molecule has 6 heteroatoms. The first kappa shape index (κ1) is 17.4. The van der Waals surface area contributed by atoms with Gasteiger partial charge >= 0.3 is 0 Å². The van der Waals surface area contributed by atoms with Gasteiger partial charge in [0.15, 0.2) is 0 Å². The third-order valence-corrected chi connectivity index (χ3v) is 4.96. The maximum Gasteiger partial charge on any atom is 0.263 e. The fourth-order valence-electron chi connectivity index (χ4n) is 3.50. The number of benzene rings is 1. The molecule has 0 bridgehead atoms. The van der Waals surface area contributed by atoms with Crippen LogP contribution in [0.4, 0.5) is 0 Å². The van der Waals surface area contributed by atoms with Crippen molar-refractivity contribution in [2.24, 2.45) is 4.99 Å². The Labute approximate surface area is 158 Å². The second-order valence-electron chi connectivity index (χ2n) is 6.94. The zero-order valence-corrected chi connectivity index (χ0v) is 15.2. The summed E-state index contributed by atoms with van der Waals surface area (Å²) in [6.45, 7) is 0.634. The quantitative estimate of drug-likeness (QED) is 0.717. The van der Waals surface area contributed by atoms with Crippen molar-refractivity contribution in [2.75, 3.05) is 0 Å². The van der Waals surface area contributed by atoms with Gasteiger partial charge in [-0.3, -0.25) is 14.4 Å². The Kier molecular flexibility index (Phi) is 5.23. The van der Waals surface area contributed by atoms with Crippen LogP contribution in [-0.2, 0) is 6.54 Å². The summed E-state index contributed by atoms with van der Waals surface area (Å²) in [5.41, 5.74) is 2.46. The van der Waals surface area contributed by atoms with Gasteiger partial charge in [-0.2, -0.15) is 5.10 Å². The number of carbonyl (C=O) groups is 1. The molecule has 1 fully saturated rings. The summed E-state index contributed by atoms with van der Waals surface area (Å²) in [6, 6.07) is 13.7. The van der Waals surface area contributed by atoms with Gasteiger partial charge in [0.05, 0.1) is 12.6 Å². The zero-order chi connectivity index (χ0) is 18.5. The van der Waals surface area contributed by atoms with Crippen LogP contribution < -0.4 is 5.49 Å². The number of hydrogen-bond acceptors (Lipinski definition) is 4. The first-order valence-electron chi connectivity index (χ1n) is 9.47. The fraction of sp³-hybridized carbons (Fsp3) is 0.333. The highest BCUT2D eigenvalue weighted by Gasteiger charge is 2.13. The van der Waals surface area contributed by atoms with E-state index in [1.807, 2.05) is 42.5 Å². The van der Waals surface area contributed by atoms with E-state index < -0.39 is 0 Å². The maximum atomic E-state index is 13.0. The summed E-state index contributed by atoms with van der Waals surface area (Å²) in [5, 5.41) is 4.11. The molecule has 138 valence electrons. The van der Waals surface area contributed by atoms with Crippen molar-refractivity contribution in [3.8, 4) is 0 Å². The summed E-state index contributed by atoms with van der Waals surface area (Å²) >= 11 is 0. The number of rotatable bonds is 4. The molecular formula is C21H23N5O. The first-order chi connectivity index (χ1) is 13.3. The van der Waals surface area contributed by atoms with Crippen molar-refractivity contribution >= 4 is 5.91 Å². The molecule has 0 unspecified atom stereocenters. The Morgan fingerprint density at radius 2 is 1.89 bits per heavy atom. The minimum atomic E-state index is -0.0579. The third-order valence-electron chi connectivity index (χ3n) is 4.96. The molecule has 1 aliphatic carbocycles. The normalized spacial score (nSPS) is 15.8. The lowest BCUT2D eigenvalue weighted by Crippen LogP contribution is -2.29. The largest absolute Gasteiger partial charge is 0.268 e. The Morgan fingerprint density at radius 3 is 2.63 bits per heavy atom. The van der Waals surface area contributed by atoms with Crippen LogP contribution in [-0.4, -0.2) is 31.3 Å². The molecule has 6 nitrogen and oxygen atoms in total. The van der Waals surface area contributed by atoms with Gasteiger partial charge in [0.1, 0.15) is 18.1 Å². The average molecular weight is 361 g/mol. The van der Waals surface area contributed by atoms with Crippen molar-refractivity contribution in [3.63, 3.8) is 0 Å². The van der Waals surface area contributed by atoms with Gasteiger partial charge in [-0.25, -0.2) is 9.67 Å². The van der Waals surface area contributed by atoms with E-state index in [4.69, 9.17) is 4.99 Å². The van der Waals surface area contributed by atoms with Gasteiger partial charge in [-0.1, -0.05) is 37.5 Å². The summed E-state index contributed by atoms with van der Waals surface area (Å²) < 4.78 is 3.41. The van der Waals surface area contributed by atoms with Gasteiger partial charge in [0, 0.05) is 11.8 Å². The number of aromatic nitrogens is 4. The monoisotopic (exact) mass is 361 g/mol. The summed E-state index contributed by atoms with van der Waals surface area (Å²) in [7, 11) is 0. The van der Waals surface area contributed by atoms with E-state index in [-0.39, 0.29) is 5.91 Å². The number of hydrogen-bond donors (Lipinski definition) is 0. The minimum absolute atomic E-state index is 0.0579. The number of nitrogens with zero attached hydrogens (tertiary/aromatic N) is 5. The van der Waals surface area contributed by atoms with Gasteiger partial charge in [-0.05, 0) is 42.7 Å². The van der Waals surface area contributed by atoms with Crippen LogP contribution in [0.5, 0.6) is 0 Å². The van der Waals surface area contributed by atoms with E-state index in [0.29, 0.717) is 18.2 Å². The molecule has 2 heterocycles. The van der Waals surface area contributed by atoms with E-state index in [0.717, 1.165) is 23.9 Å². The second-order valence-corrected chi connectivity index (χ2v) is 6.94. The molecule has 0 saturated heterocycles. The highest BCUT2D eigenvalue weighted by atomic mass is 16.2. The Morgan fingerprint density at radius 1 is 1.07 bits per heavy atom. The molecule has 0 N–H and O–H groups in total. The van der Waals surface area contributed by atoms with Crippen LogP contribution in [0.1, 0.15) is 48.0 Å². The standard InChI is InChI=1S/C21H23N5O/c27-21(18-11-9-17(10-12-18)14-25-16-22-15-23-25)26-13-5-4-8-20(26)24-19-6-2-1-3-7-19/h4-5,8-13,15-16,19H,1-3,6-7,14H2. The Hall–Kier alpha value is -3.02. The Bertz CT molecular complexity index is 951. The van der Waals surface area contributed by atoms with Crippen LogP contribution in [0.2, 0.25) is 0 Å². The van der Waals surface area contributed by atoms with Crippen LogP contribution >= 0.6 is 0 Å². The highest BCUT2D eigenvalue weighted by Crippen LogP contribution is 2.19. The van der Waals surface area contributed by atoms with Crippen molar-refractivity contribution < 1.29 is 4.79 Å². The van der Waals surface area contributed by atoms with Crippen LogP contribution in [0.15, 0.2) is 66.3 Å². The maximum absolute atomic E-state index is 13.0. The summed E-state index contributed by atoms with van der Waals surface area (Å²) in [5.74, 6) is -0.0579. The van der Waals surface area contributed by atoms with E-state index in [1.54, 1.807) is 21.8 Å². The Balaban J connectivity index is 1.56. The molecular weight excluding hydrogens is 338 g/mol. The molecule has 0 radical (unpaired) electrons. The first-order valence-corrected chi connectivity index (χ1v) is 9.47. The van der Waals surface area contributed by atoms with Crippen LogP contribution in [0.3, 0.4) is 0 Å². The smallest absolute Gasteiger partial charge is 0.263 e. The van der Waals surface area contributed by atoms with E-state index in [9.17, 15) is 4.79 Å². The van der Waals surface area contributed by atoms with Crippen molar-refractivity contribution in [1.82, 2.24) is 19.3 Å². The van der Waals surface area contributed by atoms with Crippen LogP contribution in [0, 0.1) is 0 Å². The third kappa shape index (κ3) is 4.22. The van der Waals surface area contributed by atoms with Crippen LogP contribution in [0.25, 0.3) is 0 Å². The van der Waals surface area contributed by atoms with E-state index in [1.165, 1.54) is 25.6 Å². The molecule has 0 atom stereocenters. The molecule has 1 saturated carbocycles. The van der Waals surface area contributed by atoms with Gasteiger partial charge in [-0.15, -0.1) is 0 Å². The zero-order valence-electron chi connectivity index (χ0n) is 15.2. The lowest BCUT2D eigenvalue weighted by Gasteiger charge is -2.17. The van der Waals surface area contributed by atoms with Crippen molar-refractivity contribution in [3.05, 3.63) is 77.9 Å². The lowest BCUT2D eigenvalue weighted by molar-refractivity contribution is 0.0954. The topological polar surface area (TPSA) is 65.1 Å². The van der Waals surface area contributed by atoms with Gasteiger partial charge in [0.2, 0.25) is 0 Å². The van der Waals surface area contributed by atoms with Crippen molar-refractivity contribution in [1.29, 1.82) is 0 Å². The summed E-state index contributed by atoms with van der Waals surface area (Å²) in [6.07, 6.45) is 11.0. The molecule has 0 aliphatic heterocycles. The SMILES string of the molecule is O=C(c1ccc(Cn2cncn2)cc1)n1ccccc1=NC1CCCCC1. The fourth-order valence-corrected chi connectivity index (χ4v) is 3.50. The molecule has 1 aromatic carbocycles. The molecule has 0 spiro atoms. The van der Waals surface area contributed by atoms with Crippen molar-refractivity contribution in [2.45, 2.75) is 44.7 Å². The molecule has 2 aromatic heterocycles. The molecule has 3 aromatic rings. The summed E-state index contributed by atoms with van der Waals surface area (Å²) in [4.78, 5) is 21.8. The molecule has 0 amide bonds. The van der Waals surface area contributed by atoms with E-state index in [2.05, 4.69) is 10.1 Å². The molecule has 4 rings (SSSR count). The van der Waals surface area contributed by atoms with Gasteiger partial charge in [0.25, 0.3) is 5.91 Å². The second kappa shape index (κ2) is 8.12. The number of pyridine rings is 1. The minimum Gasteiger partial charge on any atom is -0.268 e. The molecule has 27 heavy (non-hydrogen) atoms. The average Bonchev–Trinajstić information content (AvgIpc) is 3.22. The highest BCUT2D eigenvalue weighted by molar-refractivity contribution is 5.95. The van der Waals surface area contributed by atoms with E-state index >= 15 is 0 Å². The predicted octanol–water partition coefficient (Wildman–Crippen LogP) is 3.05. The number of carbonyl (C=O) groups excluding carboxylic acids is 1.